The number of urea groups is 1. The average molecular weight is 270 g/mol. The van der Waals surface area contributed by atoms with Gasteiger partial charge in [-0.15, -0.1) is 0 Å². The Morgan fingerprint density at radius 3 is 2.79 bits per heavy atom. The Labute approximate surface area is 115 Å². The molecule has 0 aliphatic carbocycles. The van der Waals surface area contributed by atoms with E-state index in [1.807, 2.05) is 0 Å². The van der Waals surface area contributed by atoms with Gasteiger partial charge in [-0.2, -0.15) is 0 Å². The van der Waals surface area contributed by atoms with Crippen LogP contribution in [-0.2, 0) is 9.47 Å². The molecule has 0 bridgehead atoms. The first kappa shape index (κ1) is 16.0. The van der Waals surface area contributed by atoms with Crippen molar-refractivity contribution in [1.82, 2.24) is 10.6 Å². The summed E-state index contributed by atoms with van der Waals surface area (Å²) in [4.78, 5) is 11.5. The highest BCUT2D eigenvalue weighted by Gasteiger charge is 2.05. The van der Waals surface area contributed by atoms with Crippen LogP contribution in [0.1, 0.15) is 39.0 Å². The van der Waals surface area contributed by atoms with Crippen LogP contribution in [0.4, 0.5) is 4.79 Å². The summed E-state index contributed by atoms with van der Waals surface area (Å²) in [5, 5.41) is 5.56. The van der Waals surface area contributed by atoms with Gasteiger partial charge in [0.2, 0.25) is 0 Å². The highest BCUT2D eigenvalue weighted by atomic mass is 16.5. The molecule has 2 N–H and O–H groups in total. The smallest absolute Gasteiger partial charge is 0.318 e. The Bertz CT molecular complexity index is 272. The third-order valence-corrected chi connectivity index (χ3v) is 2.94. The van der Waals surface area contributed by atoms with Gasteiger partial charge in [-0.25, -0.2) is 4.79 Å². The van der Waals surface area contributed by atoms with Crippen LogP contribution in [0.25, 0.3) is 0 Å². The maximum absolute atomic E-state index is 11.5. The monoisotopic (exact) mass is 270 g/mol. The second-order valence-electron chi connectivity index (χ2n) is 4.63. The third kappa shape index (κ3) is 8.61. The summed E-state index contributed by atoms with van der Waals surface area (Å²) in [6.07, 6.45) is 6.72. The standard InChI is InChI=1S/C14H26N2O3/c1-2-3-8-18-9-4-7-15-14(17)16-12-13-5-10-19-11-6-13/h12H,2-11H2,1H3,(H2,15,16,17). The lowest BCUT2D eigenvalue weighted by Gasteiger charge is -2.14. The van der Waals surface area contributed by atoms with Gasteiger partial charge in [-0.3, -0.25) is 0 Å². The first-order chi connectivity index (χ1) is 9.33. The van der Waals surface area contributed by atoms with Gasteiger partial charge in [0.1, 0.15) is 0 Å². The molecule has 0 atom stereocenters. The van der Waals surface area contributed by atoms with Crippen molar-refractivity contribution in [3.8, 4) is 0 Å². The van der Waals surface area contributed by atoms with Gasteiger partial charge in [0.05, 0.1) is 13.2 Å². The van der Waals surface area contributed by atoms with E-state index in [-0.39, 0.29) is 6.03 Å². The number of unbranched alkanes of at least 4 members (excludes halogenated alkanes) is 1. The van der Waals surface area contributed by atoms with Crippen LogP contribution in [0.3, 0.4) is 0 Å². The molecule has 2 amide bonds. The van der Waals surface area contributed by atoms with Gasteiger partial charge in [-0.1, -0.05) is 13.3 Å². The van der Waals surface area contributed by atoms with Gasteiger partial charge in [0, 0.05) is 26.0 Å². The van der Waals surface area contributed by atoms with Gasteiger partial charge in [-0.05, 0) is 31.3 Å². The first-order valence-electron chi connectivity index (χ1n) is 7.20. The molecule has 5 heteroatoms. The summed E-state index contributed by atoms with van der Waals surface area (Å²) in [7, 11) is 0. The number of hydrogen-bond acceptors (Lipinski definition) is 3. The molecule has 0 aromatic rings. The van der Waals surface area contributed by atoms with E-state index in [9.17, 15) is 4.79 Å². The topological polar surface area (TPSA) is 59.6 Å². The molecule has 110 valence electrons. The number of amides is 2. The van der Waals surface area contributed by atoms with Crippen LogP contribution in [0.5, 0.6) is 0 Å². The molecule has 0 aromatic carbocycles. The molecular weight excluding hydrogens is 244 g/mol. The fourth-order valence-electron chi connectivity index (χ4n) is 1.72. The largest absolute Gasteiger partial charge is 0.381 e. The molecule has 19 heavy (non-hydrogen) atoms. The normalized spacial score (nSPS) is 15.1. The zero-order valence-corrected chi connectivity index (χ0v) is 11.9. The summed E-state index contributed by atoms with van der Waals surface area (Å²) in [6.45, 7) is 5.82. The zero-order valence-electron chi connectivity index (χ0n) is 11.9. The molecule has 1 saturated heterocycles. The SMILES string of the molecule is CCCCOCCCNC(=O)NC=C1CCOCC1. The number of rotatable bonds is 8. The summed E-state index contributed by atoms with van der Waals surface area (Å²) in [5.74, 6) is 0. The van der Waals surface area contributed by atoms with Crippen molar-refractivity contribution >= 4 is 6.03 Å². The quantitative estimate of drug-likeness (QED) is 0.665. The van der Waals surface area contributed by atoms with Crippen LogP contribution in [0.15, 0.2) is 11.8 Å². The highest BCUT2D eigenvalue weighted by molar-refractivity contribution is 5.74. The van der Waals surface area contributed by atoms with Crippen LogP contribution >= 0.6 is 0 Å². The molecule has 1 heterocycles. The van der Waals surface area contributed by atoms with Crippen molar-refractivity contribution < 1.29 is 14.3 Å². The predicted octanol–water partition coefficient (Wildman–Crippen LogP) is 2.19. The van der Waals surface area contributed by atoms with Gasteiger partial charge in [0.15, 0.2) is 0 Å². The first-order valence-corrected chi connectivity index (χ1v) is 7.20. The van der Waals surface area contributed by atoms with Crippen molar-refractivity contribution in [2.45, 2.75) is 39.0 Å². The van der Waals surface area contributed by atoms with E-state index in [2.05, 4.69) is 17.6 Å². The maximum Gasteiger partial charge on any atom is 0.318 e. The Morgan fingerprint density at radius 1 is 1.32 bits per heavy atom. The van der Waals surface area contributed by atoms with Crippen LogP contribution in [0, 0.1) is 0 Å². The van der Waals surface area contributed by atoms with Crippen molar-refractivity contribution in [1.29, 1.82) is 0 Å². The van der Waals surface area contributed by atoms with Crippen molar-refractivity contribution in [3.05, 3.63) is 11.8 Å². The Kier molecular flexibility index (Phi) is 9.10. The number of hydrogen-bond donors (Lipinski definition) is 2. The maximum atomic E-state index is 11.5. The average Bonchev–Trinajstić information content (AvgIpc) is 2.45. The molecule has 0 saturated carbocycles. The van der Waals surface area contributed by atoms with Crippen LogP contribution < -0.4 is 10.6 Å². The van der Waals surface area contributed by atoms with E-state index in [1.165, 1.54) is 5.57 Å². The van der Waals surface area contributed by atoms with E-state index < -0.39 is 0 Å². The Hall–Kier alpha value is -1.07. The van der Waals surface area contributed by atoms with Crippen LogP contribution in [0.2, 0.25) is 0 Å². The third-order valence-electron chi connectivity index (χ3n) is 2.94. The number of ether oxygens (including phenoxy) is 2. The number of nitrogens with one attached hydrogen (secondary N) is 2. The summed E-state index contributed by atoms with van der Waals surface area (Å²) in [6, 6.07) is -0.146. The second-order valence-corrected chi connectivity index (χ2v) is 4.63. The van der Waals surface area contributed by atoms with E-state index in [0.717, 1.165) is 51.9 Å². The molecule has 1 rings (SSSR count). The summed E-state index contributed by atoms with van der Waals surface area (Å²) < 4.78 is 10.7. The summed E-state index contributed by atoms with van der Waals surface area (Å²) in [5.41, 5.74) is 1.24. The van der Waals surface area contributed by atoms with Gasteiger partial charge < -0.3 is 20.1 Å². The molecule has 1 aliphatic heterocycles. The van der Waals surface area contributed by atoms with Crippen molar-refractivity contribution in [3.63, 3.8) is 0 Å². The van der Waals surface area contributed by atoms with E-state index in [4.69, 9.17) is 9.47 Å². The number of carbonyl (C=O) groups excluding carboxylic acids is 1. The molecule has 0 unspecified atom stereocenters. The molecule has 5 nitrogen and oxygen atoms in total. The molecule has 0 radical (unpaired) electrons. The van der Waals surface area contributed by atoms with E-state index >= 15 is 0 Å². The Balaban J connectivity index is 1.95. The van der Waals surface area contributed by atoms with E-state index in [1.54, 1.807) is 6.20 Å². The predicted molar refractivity (Wildman–Crippen MR) is 75.0 cm³/mol. The lowest BCUT2D eigenvalue weighted by molar-refractivity contribution is 0.119. The second kappa shape index (κ2) is 10.8. The number of carbonyl (C=O) groups is 1. The lowest BCUT2D eigenvalue weighted by atomic mass is 10.1. The van der Waals surface area contributed by atoms with Gasteiger partial charge in [0.25, 0.3) is 0 Å². The van der Waals surface area contributed by atoms with Crippen molar-refractivity contribution in [2.24, 2.45) is 0 Å². The molecular formula is C14H26N2O3. The minimum atomic E-state index is -0.146. The minimum Gasteiger partial charge on any atom is -0.381 e. The molecule has 1 fully saturated rings. The Morgan fingerprint density at radius 2 is 2.05 bits per heavy atom. The van der Waals surface area contributed by atoms with Crippen LogP contribution in [-0.4, -0.2) is 39.0 Å². The fraction of sp³-hybridized carbons (Fsp3) is 0.786. The molecule has 0 aromatic heterocycles. The van der Waals surface area contributed by atoms with Gasteiger partial charge >= 0.3 is 6.03 Å². The molecule has 0 spiro atoms. The van der Waals surface area contributed by atoms with E-state index in [0.29, 0.717) is 13.2 Å². The lowest BCUT2D eigenvalue weighted by Crippen LogP contribution is -2.33. The molecule has 1 aliphatic rings. The fourth-order valence-corrected chi connectivity index (χ4v) is 1.72. The van der Waals surface area contributed by atoms with Crippen molar-refractivity contribution in [2.75, 3.05) is 33.0 Å². The minimum absolute atomic E-state index is 0.146. The highest BCUT2D eigenvalue weighted by Crippen LogP contribution is 2.11. The summed E-state index contributed by atoms with van der Waals surface area (Å²) >= 11 is 0. The zero-order chi connectivity index (χ0) is 13.8.